The SMILES string of the molecule is Cc1ccc([N+](=O)[O-])c(NCCCN(C)C(C)C)n1. The van der Waals surface area contributed by atoms with E-state index in [4.69, 9.17) is 0 Å². The van der Waals surface area contributed by atoms with Crippen molar-refractivity contribution in [1.29, 1.82) is 0 Å². The summed E-state index contributed by atoms with van der Waals surface area (Å²) < 4.78 is 0. The molecular weight excluding hydrogens is 244 g/mol. The zero-order valence-corrected chi connectivity index (χ0v) is 12.0. The molecule has 0 aliphatic carbocycles. The molecule has 19 heavy (non-hydrogen) atoms. The van der Waals surface area contributed by atoms with Gasteiger partial charge in [0.25, 0.3) is 0 Å². The topological polar surface area (TPSA) is 71.3 Å². The number of nitrogens with zero attached hydrogens (tertiary/aromatic N) is 3. The molecule has 0 saturated heterocycles. The number of aryl methyl sites for hydroxylation is 1. The fourth-order valence-electron chi connectivity index (χ4n) is 1.62. The molecule has 0 aliphatic rings. The van der Waals surface area contributed by atoms with Crippen molar-refractivity contribution < 1.29 is 4.92 Å². The third-order valence-electron chi connectivity index (χ3n) is 3.07. The number of aromatic nitrogens is 1. The molecule has 0 aromatic carbocycles. The van der Waals surface area contributed by atoms with Gasteiger partial charge in [0, 0.05) is 24.3 Å². The summed E-state index contributed by atoms with van der Waals surface area (Å²) in [6.45, 7) is 7.72. The van der Waals surface area contributed by atoms with Crippen molar-refractivity contribution in [2.24, 2.45) is 0 Å². The Morgan fingerprint density at radius 1 is 1.47 bits per heavy atom. The van der Waals surface area contributed by atoms with Gasteiger partial charge in [-0.25, -0.2) is 4.98 Å². The van der Waals surface area contributed by atoms with Crippen LogP contribution in [0.5, 0.6) is 0 Å². The Bertz CT molecular complexity index is 435. The van der Waals surface area contributed by atoms with Crippen molar-refractivity contribution in [2.45, 2.75) is 33.2 Å². The highest BCUT2D eigenvalue weighted by Crippen LogP contribution is 2.21. The third kappa shape index (κ3) is 4.82. The van der Waals surface area contributed by atoms with E-state index in [2.05, 4.69) is 36.1 Å². The minimum absolute atomic E-state index is 0.0304. The summed E-state index contributed by atoms with van der Waals surface area (Å²) in [5.41, 5.74) is 0.801. The van der Waals surface area contributed by atoms with Crippen LogP contribution in [0.4, 0.5) is 11.5 Å². The van der Waals surface area contributed by atoms with Crippen LogP contribution in [0.15, 0.2) is 12.1 Å². The zero-order chi connectivity index (χ0) is 14.4. The highest BCUT2D eigenvalue weighted by Gasteiger charge is 2.14. The lowest BCUT2D eigenvalue weighted by atomic mass is 10.3. The van der Waals surface area contributed by atoms with Gasteiger partial charge in [-0.2, -0.15) is 0 Å². The normalized spacial score (nSPS) is 11.1. The standard InChI is InChI=1S/C13H22N4O2/c1-10(2)16(4)9-5-8-14-13-12(17(18)19)7-6-11(3)15-13/h6-7,10H,5,8-9H2,1-4H3,(H,14,15). The van der Waals surface area contributed by atoms with Crippen LogP contribution < -0.4 is 5.32 Å². The van der Waals surface area contributed by atoms with E-state index in [1.54, 1.807) is 6.07 Å². The molecule has 0 atom stereocenters. The van der Waals surface area contributed by atoms with Crippen LogP contribution in [-0.2, 0) is 0 Å². The number of nitro groups is 1. The number of pyridine rings is 1. The first-order valence-corrected chi connectivity index (χ1v) is 6.48. The summed E-state index contributed by atoms with van der Waals surface area (Å²) in [5, 5.41) is 13.9. The van der Waals surface area contributed by atoms with Gasteiger partial charge in [0.05, 0.1) is 4.92 Å². The maximum Gasteiger partial charge on any atom is 0.311 e. The lowest BCUT2D eigenvalue weighted by Crippen LogP contribution is -2.28. The number of hydrogen-bond donors (Lipinski definition) is 1. The summed E-state index contributed by atoms with van der Waals surface area (Å²) >= 11 is 0. The summed E-state index contributed by atoms with van der Waals surface area (Å²) in [7, 11) is 2.07. The molecule has 6 heteroatoms. The number of hydrogen-bond acceptors (Lipinski definition) is 5. The minimum Gasteiger partial charge on any atom is -0.364 e. The smallest absolute Gasteiger partial charge is 0.311 e. The first-order chi connectivity index (χ1) is 8.91. The van der Waals surface area contributed by atoms with E-state index >= 15 is 0 Å². The van der Waals surface area contributed by atoms with Gasteiger partial charge in [0.2, 0.25) is 5.82 Å². The first kappa shape index (κ1) is 15.4. The lowest BCUT2D eigenvalue weighted by Gasteiger charge is -2.20. The summed E-state index contributed by atoms with van der Waals surface area (Å²) in [4.78, 5) is 16.9. The van der Waals surface area contributed by atoms with Crippen molar-refractivity contribution in [1.82, 2.24) is 9.88 Å². The Labute approximate surface area is 114 Å². The maximum absolute atomic E-state index is 10.9. The molecule has 6 nitrogen and oxygen atoms in total. The molecule has 106 valence electrons. The fraction of sp³-hybridized carbons (Fsp3) is 0.615. The molecule has 1 aromatic heterocycles. The van der Waals surface area contributed by atoms with Crippen molar-refractivity contribution in [3.63, 3.8) is 0 Å². The molecule has 0 unspecified atom stereocenters. The van der Waals surface area contributed by atoms with Gasteiger partial charge in [0.1, 0.15) is 0 Å². The molecule has 1 N–H and O–H groups in total. The van der Waals surface area contributed by atoms with Gasteiger partial charge in [-0.15, -0.1) is 0 Å². The Morgan fingerprint density at radius 3 is 2.74 bits per heavy atom. The largest absolute Gasteiger partial charge is 0.364 e. The van der Waals surface area contributed by atoms with E-state index in [9.17, 15) is 10.1 Å². The van der Waals surface area contributed by atoms with Gasteiger partial charge >= 0.3 is 5.69 Å². The van der Waals surface area contributed by atoms with Crippen LogP contribution in [-0.4, -0.2) is 41.0 Å². The van der Waals surface area contributed by atoms with Crippen LogP contribution in [0.25, 0.3) is 0 Å². The van der Waals surface area contributed by atoms with Crippen molar-refractivity contribution in [2.75, 3.05) is 25.5 Å². The third-order valence-corrected chi connectivity index (χ3v) is 3.07. The molecule has 0 saturated carbocycles. The second-order valence-corrected chi connectivity index (χ2v) is 4.93. The monoisotopic (exact) mass is 266 g/mol. The first-order valence-electron chi connectivity index (χ1n) is 6.48. The highest BCUT2D eigenvalue weighted by molar-refractivity contribution is 5.55. The maximum atomic E-state index is 10.9. The Balaban J connectivity index is 2.53. The second kappa shape index (κ2) is 7.04. The van der Waals surface area contributed by atoms with Gasteiger partial charge in [-0.1, -0.05) is 0 Å². The molecule has 0 amide bonds. The molecule has 1 rings (SSSR count). The van der Waals surface area contributed by atoms with E-state index in [1.807, 2.05) is 6.92 Å². The summed E-state index contributed by atoms with van der Waals surface area (Å²) in [6, 6.07) is 3.65. The van der Waals surface area contributed by atoms with E-state index in [0.29, 0.717) is 18.4 Å². The van der Waals surface area contributed by atoms with Crippen LogP contribution >= 0.6 is 0 Å². The van der Waals surface area contributed by atoms with E-state index in [-0.39, 0.29) is 5.69 Å². The van der Waals surface area contributed by atoms with Gasteiger partial charge in [-0.05, 0) is 46.9 Å². The Kier molecular flexibility index (Phi) is 5.69. The predicted octanol–water partition coefficient (Wildman–Crippen LogP) is 2.44. The second-order valence-electron chi connectivity index (χ2n) is 4.93. The number of nitrogens with one attached hydrogen (secondary N) is 1. The Morgan fingerprint density at radius 2 is 2.16 bits per heavy atom. The fourth-order valence-corrected chi connectivity index (χ4v) is 1.62. The number of rotatable bonds is 7. The van der Waals surface area contributed by atoms with Crippen LogP contribution in [0.2, 0.25) is 0 Å². The van der Waals surface area contributed by atoms with Gasteiger partial charge in [0.15, 0.2) is 0 Å². The lowest BCUT2D eigenvalue weighted by molar-refractivity contribution is -0.384. The summed E-state index contributed by atoms with van der Waals surface area (Å²) in [5.74, 6) is 0.359. The van der Waals surface area contributed by atoms with Gasteiger partial charge in [-0.3, -0.25) is 10.1 Å². The van der Waals surface area contributed by atoms with Crippen molar-refractivity contribution in [3.8, 4) is 0 Å². The molecular formula is C13H22N4O2. The van der Waals surface area contributed by atoms with Crippen molar-refractivity contribution >= 4 is 11.5 Å². The molecule has 0 bridgehead atoms. The van der Waals surface area contributed by atoms with E-state index in [0.717, 1.165) is 18.7 Å². The van der Waals surface area contributed by atoms with Crippen LogP contribution in [0.1, 0.15) is 26.0 Å². The average Bonchev–Trinajstić information content (AvgIpc) is 2.33. The highest BCUT2D eigenvalue weighted by atomic mass is 16.6. The molecule has 0 fully saturated rings. The van der Waals surface area contributed by atoms with Crippen LogP contribution in [0.3, 0.4) is 0 Å². The number of anilines is 1. The molecule has 1 aromatic rings. The zero-order valence-electron chi connectivity index (χ0n) is 12.0. The van der Waals surface area contributed by atoms with Crippen LogP contribution in [0, 0.1) is 17.0 Å². The molecule has 0 spiro atoms. The van der Waals surface area contributed by atoms with E-state index in [1.165, 1.54) is 6.07 Å². The predicted molar refractivity (Wildman–Crippen MR) is 76.5 cm³/mol. The van der Waals surface area contributed by atoms with Gasteiger partial charge < -0.3 is 10.2 Å². The van der Waals surface area contributed by atoms with E-state index < -0.39 is 4.92 Å². The van der Waals surface area contributed by atoms with Crippen molar-refractivity contribution in [3.05, 3.63) is 27.9 Å². The average molecular weight is 266 g/mol. The Hall–Kier alpha value is -1.69. The summed E-state index contributed by atoms with van der Waals surface area (Å²) in [6.07, 6.45) is 0.918. The minimum atomic E-state index is -0.408. The quantitative estimate of drug-likeness (QED) is 0.466. The molecule has 0 aliphatic heterocycles. The molecule has 0 radical (unpaired) electrons. The molecule has 1 heterocycles.